The van der Waals surface area contributed by atoms with Crippen molar-refractivity contribution < 1.29 is 5.11 Å². The number of β-amino-alcohol motifs (C(OH)–C–C–N with tert-alkyl or cyclic N) is 1. The van der Waals surface area contributed by atoms with E-state index in [1.807, 2.05) is 12.1 Å². The molecule has 1 fully saturated rings. The second kappa shape index (κ2) is 4.99. The van der Waals surface area contributed by atoms with Crippen LogP contribution < -0.4 is 0 Å². The van der Waals surface area contributed by atoms with E-state index in [2.05, 4.69) is 11.5 Å². The summed E-state index contributed by atoms with van der Waals surface area (Å²) in [6.45, 7) is 5.92. The van der Waals surface area contributed by atoms with E-state index >= 15 is 0 Å². The summed E-state index contributed by atoms with van der Waals surface area (Å²) < 4.78 is 0. The fourth-order valence-corrected chi connectivity index (χ4v) is 2.88. The zero-order chi connectivity index (χ0) is 12.5. The highest BCUT2D eigenvalue weighted by Crippen LogP contribution is 2.36. The van der Waals surface area contributed by atoms with Gasteiger partial charge in [-0.05, 0) is 18.6 Å². The van der Waals surface area contributed by atoms with Crippen LogP contribution in [0.3, 0.4) is 0 Å². The number of aliphatic hydroxyl groups is 1. The minimum atomic E-state index is -0.870. The number of hydrogen-bond acceptors (Lipinski definition) is 2. The third kappa shape index (κ3) is 2.66. The van der Waals surface area contributed by atoms with E-state index < -0.39 is 5.60 Å². The number of nitrogens with zero attached hydrogens (tertiary/aromatic N) is 1. The smallest absolute Gasteiger partial charge is 0.105 e. The molecule has 0 radical (unpaired) electrons. The zero-order valence-electron chi connectivity index (χ0n) is 9.50. The van der Waals surface area contributed by atoms with Crippen LogP contribution in [-0.4, -0.2) is 29.6 Å². The average molecular weight is 272 g/mol. The number of likely N-dealkylation sites (tertiary alicyclic amines) is 1. The Morgan fingerprint density at radius 2 is 2.24 bits per heavy atom. The molecule has 1 aromatic carbocycles. The van der Waals surface area contributed by atoms with Gasteiger partial charge in [-0.15, -0.1) is 6.58 Å². The van der Waals surface area contributed by atoms with E-state index in [1.54, 1.807) is 12.1 Å². The molecular weight excluding hydrogens is 257 g/mol. The molecular formula is C13H15Cl2NO. The highest BCUT2D eigenvalue weighted by atomic mass is 35.5. The minimum absolute atomic E-state index is 0.528. The highest BCUT2D eigenvalue weighted by Gasteiger charge is 2.38. The Hall–Kier alpha value is -0.540. The fraction of sp³-hybridized carbons (Fsp3) is 0.385. The van der Waals surface area contributed by atoms with Gasteiger partial charge >= 0.3 is 0 Å². The summed E-state index contributed by atoms with van der Waals surface area (Å²) >= 11 is 12.0. The molecule has 2 rings (SSSR count). The van der Waals surface area contributed by atoms with Gasteiger partial charge in [0.25, 0.3) is 0 Å². The van der Waals surface area contributed by atoms with E-state index in [-0.39, 0.29) is 0 Å². The van der Waals surface area contributed by atoms with Crippen molar-refractivity contribution in [2.45, 2.75) is 12.0 Å². The van der Waals surface area contributed by atoms with Crippen LogP contribution in [0.25, 0.3) is 0 Å². The van der Waals surface area contributed by atoms with Crippen molar-refractivity contribution in [2.75, 3.05) is 19.6 Å². The number of rotatable bonds is 3. The largest absolute Gasteiger partial charge is 0.384 e. The molecule has 1 atom stereocenters. The molecule has 0 aliphatic carbocycles. The topological polar surface area (TPSA) is 23.5 Å². The lowest BCUT2D eigenvalue weighted by Crippen LogP contribution is -2.31. The first-order chi connectivity index (χ1) is 8.05. The molecule has 1 N–H and O–H groups in total. The lowest BCUT2D eigenvalue weighted by molar-refractivity contribution is 0.0475. The van der Waals surface area contributed by atoms with Gasteiger partial charge in [0.15, 0.2) is 0 Å². The molecule has 1 heterocycles. The Morgan fingerprint density at radius 3 is 2.88 bits per heavy atom. The Kier molecular flexibility index (Phi) is 3.79. The first kappa shape index (κ1) is 12.9. The van der Waals surface area contributed by atoms with Gasteiger partial charge in [0.1, 0.15) is 5.60 Å². The quantitative estimate of drug-likeness (QED) is 0.855. The molecule has 0 aromatic heterocycles. The van der Waals surface area contributed by atoms with Gasteiger partial charge in [-0.3, -0.25) is 4.90 Å². The first-order valence-corrected chi connectivity index (χ1v) is 6.32. The molecule has 17 heavy (non-hydrogen) atoms. The van der Waals surface area contributed by atoms with Gasteiger partial charge < -0.3 is 5.11 Å². The third-order valence-electron chi connectivity index (χ3n) is 3.15. The fourth-order valence-electron chi connectivity index (χ4n) is 2.30. The first-order valence-electron chi connectivity index (χ1n) is 5.56. The zero-order valence-corrected chi connectivity index (χ0v) is 11.0. The van der Waals surface area contributed by atoms with Gasteiger partial charge in [0.2, 0.25) is 0 Å². The van der Waals surface area contributed by atoms with Crippen LogP contribution in [0.4, 0.5) is 0 Å². The predicted octanol–water partition coefficient (Wildman–Crippen LogP) is 3.07. The highest BCUT2D eigenvalue weighted by molar-refractivity contribution is 6.35. The summed E-state index contributed by atoms with van der Waals surface area (Å²) in [5.74, 6) is 0. The molecule has 1 saturated heterocycles. The molecule has 0 bridgehead atoms. The lowest BCUT2D eigenvalue weighted by Gasteiger charge is -2.24. The normalized spacial score (nSPS) is 25.1. The van der Waals surface area contributed by atoms with Crippen molar-refractivity contribution in [1.29, 1.82) is 0 Å². The van der Waals surface area contributed by atoms with Crippen molar-refractivity contribution in [3.05, 3.63) is 46.5 Å². The monoisotopic (exact) mass is 271 g/mol. The molecule has 0 spiro atoms. The summed E-state index contributed by atoms with van der Waals surface area (Å²) in [5, 5.41) is 11.7. The number of hydrogen-bond donors (Lipinski definition) is 1. The standard InChI is InChI=1S/C13H15Cl2NO/c1-2-6-16-7-5-13(17,9-16)11-4-3-10(14)8-12(11)15/h2-4,8,17H,1,5-7,9H2. The van der Waals surface area contributed by atoms with Crippen molar-refractivity contribution in [2.24, 2.45) is 0 Å². The Morgan fingerprint density at radius 1 is 1.47 bits per heavy atom. The summed E-state index contributed by atoms with van der Waals surface area (Å²) in [6.07, 6.45) is 2.53. The van der Waals surface area contributed by atoms with Crippen LogP contribution in [0.1, 0.15) is 12.0 Å². The summed E-state index contributed by atoms with van der Waals surface area (Å²) in [5.41, 5.74) is -0.111. The molecule has 4 heteroatoms. The third-order valence-corrected chi connectivity index (χ3v) is 3.69. The van der Waals surface area contributed by atoms with Crippen LogP contribution in [-0.2, 0) is 5.60 Å². The van der Waals surface area contributed by atoms with Crippen LogP contribution in [0, 0.1) is 0 Å². The van der Waals surface area contributed by atoms with E-state index in [4.69, 9.17) is 23.2 Å². The van der Waals surface area contributed by atoms with Gasteiger partial charge in [-0.25, -0.2) is 0 Å². The molecule has 1 aliphatic heterocycles. The van der Waals surface area contributed by atoms with E-state index in [1.165, 1.54) is 0 Å². The summed E-state index contributed by atoms with van der Waals surface area (Å²) in [4.78, 5) is 2.15. The van der Waals surface area contributed by atoms with Gasteiger partial charge in [-0.2, -0.15) is 0 Å². The van der Waals surface area contributed by atoms with E-state index in [0.29, 0.717) is 23.0 Å². The average Bonchev–Trinajstić information content (AvgIpc) is 2.61. The number of halogens is 2. The van der Waals surface area contributed by atoms with Crippen LogP contribution in [0.2, 0.25) is 10.0 Å². The lowest BCUT2D eigenvalue weighted by atomic mass is 9.93. The molecule has 1 aliphatic rings. The van der Waals surface area contributed by atoms with Crippen LogP contribution in [0.5, 0.6) is 0 Å². The molecule has 92 valence electrons. The Balaban J connectivity index is 2.24. The van der Waals surface area contributed by atoms with Crippen molar-refractivity contribution in [3.8, 4) is 0 Å². The second-order valence-corrected chi connectivity index (χ2v) is 5.27. The maximum atomic E-state index is 10.6. The Labute approximate surface area is 111 Å². The van der Waals surface area contributed by atoms with E-state index in [0.717, 1.165) is 18.7 Å². The molecule has 0 amide bonds. The van der Waals surface area contributed by atoms with Crippen molar-refractivity contribution in [3.63, 3.8) is 0 Å². The number of benzene rings is 1. The Bertz CT molecular complexity index is 435. The predicted molar refractivity (Wildman–Crippen MR) is 71.6 cm³/mol. The van der Waals surface area contributed by atoms with E-state index in [9.17, 15) is 5.11 Å². The maximum Gasteiger partial charge on any atom is 0.105 e. The van der Waals surface area contributed by atoms with Crippen LogP contribution in [0.15, 0.2) is 30.9 Å². The van der Waals surface area contributed by atoms with Crippen molar-refractivity contribution >= 4 is 23.2 Å². The van der Waals surface area contributed by atoms with Crippen molar-refractivity contribution in [1.82, 2.24) is 4.90 Å². The van der Waals surface area contributed by atoms with Gasteiger partial charge in [0, 0.05) is 35.2 Å². The SMILES string of the molecule is C=CCN1CCC(O)(c2ccc(Cl)cc2Cl)C1. The van der Waals surface area contributed by atoms with Crippen LogP contribution >= 0.6 is 23.2 Å². The molecule has 0 saturated carbocycles. The summed E-state index contributed by atoms with van der Waals surface area (Å²) in [7, 11) is 0. The minimum Gasteiger partial charge on any atom is -0.384 e. The molecule has 1 aromatic rings. The van der Waals surface area contributed by atoms with Gasteiger partial charge in [0.05, 0.1) is 0 Å². The second-order valence-electron chi connectivity index (χ2n) is 4.43. The molecule has 2 nitrogen and oxygen atoms in total. The maximum absolute atomic E-state index is 10.6. The van der Waals surface area contributed by atoms with Gasteiger partial charge in [-0.1, -0.05) is 35.3 Å². The molecule has 1 unspecified atom stereocenters. The summed E-state index contributed by atoms with van der Waals surface area (Å²) in [6, 6.07) is 5.24.